The summed E-state index contributed by atoms with van der Waals surface area (Å²) in [6.07, 6.45) is 0.771. The summed E-state index contributed by atoms with van der Waals surface area (Å²) in [5, 5.41) is 2.86. The predicted molar refractivity (Wildman–Crippen MR) is 89.2 cm³/mol. The van der Waals surface area contributed by atoms with Crippen molar-refractivity contribution in [1.82, 2.24) is 0 Å². The molecule has 1 N–H and O–H groups in total. The molecular formula is C17H15Cl2NO2. The summed E-state index contributed by atoms with van der Waals surface area (Å²) in [5.41, 5.74) is 2.40. The molecule has 0 bridgehead atoms. The van der Waals surface area contributed by atoms with Gasteiger partial charge < -0.3 is 10.1 Å². The summed E-state index contributed by atoms with van der Waals surface area (Å²) in [5.74, 6) is 0.740. The van der Waals surface area contributed by atoms with Crippen molar-refractivity contribution >= 4 is 34.8 Å². The number of hydrogen-bond donors (Lipinski definition) is 1. The van der Waals surface area contributed by atoms with Crippen molar-refractivity contribution in [2.24, 2.45) is 0 Å². The second-order valence-electron chi connectivity index (χ2n) is 5.32. The van der Waals surface area contributed by atoms with Crippen LogP contribution in [0, 0.1) is 0 Å². The van der Waals surface area contributed by atoms with E-state index in [-0.39, 0.29) is 11.8 Å². The van der Waals surface area contributed by atoms with Gasteiger partial charge in [0, 0.05) is 17.2 Å². The highest BCUT2D eigenvalue weighted by Gasteiger charge is 2.52. The van der Waals surface area contributed by atoms with Crippen molar-refractivity contribution in [3.63, 3.8) is 0 Å². The minimum absolute atomic E-state index is 0.161. The zero-order valence-electron chi connectivity index (χ0n) is 12.0. The van der Waals surface area contributed by atoms with Crippen LogP contribution in [0.4, 0.5) is 5.69 Å². The topological polar surface area (TPSA) is 38.3 Å². The van der Waals surface area contributed by atoms with Crippen LogP contribution in [0.25, 0.3) is 0 Å². The first-order valence-corrected chi connectivity index (χ1v) is 7.68. The third-order valence-corrected chi connectivity index (χ3v) is 4.58. The standard InChI is InChI=1S/C17H15Cl2NO2/c1-22-14-8-4-12(5-9-14)16(21)20-13-6-2-11(3-7-13)15-10-17(15,18)19/h2-9,15H,10H2,1H3,(H,20,21)/t15-/m1/s1. The van der Waals surface area contributed by atoms with Gasteiger partial charge in [-0.05, 0) is 48.4 Å². The number of carbonyl (C=O) groups is 1. The fourth-order valence-electron chi connectivity index (χ4n) is 2.32. The Kier molecular flexibility index (Phi) is 4.02. The third kappa shape index (κ3) is 3.21. The molecule has 1 amide bonds. The average molecular weight is 336 g/mol. The number of carbonyl (C=O) groups excluding carboxylic acids is 1. The Morgan fingerprint density at radius 1 is 1.14 bits per heavy atom. The first-order chi connectivity index (χ1) is 10.5. The molecule has 2 aromatic rings. The van der Waals surface area contributed by atoms with Crippen LogP contribution in [-0.4, -0.2) is 17.4 Å². The van der Waals surface area contributed by atoms with E-state index in [4.69, 9.17) is 27.9 Å². The van der Waals surface area contributed by atoms with Gasteiger partial charge in [0.1, 0.15) is 10.1 Å². The maximum absolute atomic E-state index is 12.2. The van der Waals surface area contributed by atoms with Gasteiger partial charge in [0.25, 0.3) is 5.91 Å². The van der Waals surface area contributed by atoms with Gasteiger partial charge in [0.15, 0.2) is 0 Å². The highest BCUT2D eigenvalue weighted by Crippen LogP contribution is 2.59. The molecule has 0 unspecified atom stereocenters. The summed E-state index contributed by atoms with van der Waals surface area (Å²) < 4.78 is 4.44. The summed E-state index contributed by atoms with van der Waals surface area (Å²) in [6, 6.07) is 14.6. The second kappa shape index (κ2) is 5.82. The van der Waals surface area contributed by atoms with Crippen molar-refractivity contribution in [3.05, 3.63) is 59.7 Å². The van der Waals surface area contributed by atoms with Crippen LogP contribution in [0.3, 0.4) is 0 Å². The number of rotatable bonds is 4. The lowest BCUT2D eigenvalue weighted by Crippen LogP contribution is -2.11. The molecule has 22 heavy (non-hydrogen) atoms. The van der Waals surface area contributed by atoms with Gasteiger partial charge in [-0.1, -0.05) is 12.1 Å². The van der Waals surface area contributed by atoms with Crippen LogP contribution in [0.1, 0.15) is 28.3 Å². The number of methoxy groups -OCH3 is 1. The van der Waals surface area contributed by atoms with E-state index in [9.17, 15) is 4.79 Å². The van der Waals surface area contributed by atoms with Crippen molar-refractivity contribution in [3.8, 4) is 5.75 Å². The summed E-state index contributed by atoms with van der Waals surface area (Å²) >= 11 is 12.1. The van der Waals surface area contributed by atoms with Gasteiger partial charge in [-0.25, -0.2) is 0 Å². The van der Waals surface area contributed by atoms with Gasteiger partial charge in [0.2, 0.25) is 0 Å². The van der Waals surface area contributed by atoms with Crippen LogP contribution in [-0.2, 0) is 0 Å². The molecule has 3 nitrogen and oxygen atoms in total. The van der Waals surface area contributed by atoms with Crippen LogP contribution in [0.15, 0.2) is 48.5 Å². The Balaban J connectivity index is 1.66. The number of alkyl halides is 2. The molecule has 2 aromatic carbocycles. The lowest BCUT2D eigenvalue weighted by Gasteiger charge is -2.07. The third-order valence-electron chi connectivity index (χ3n) is 3.75. The molecule has 3 rings (SSSR count). The van der Waals surface area contributed by atoms with Gasteiger partial charge in [-0.3, -0.25) is 4.79 Å². The fraction of sp³-hybridized carbons (Fsp3) is 0.235. The average Bonchev–Trinajstić information content (AvgIpc) is 3.17. The number of benzene rings is 2. The van der Waals surface area contributed by atoms with Crippen LogP contribution in [0.5, 0.6) is 5.75 Å². The summed E-state index contributed by atoms with van der Waals surface area (Å²) in [7, 11) is 1.59. The van der Waals surface area contributed by atoms with Crippen molar-refractivity contribution in [2.75, 3.05) is 12.4 Å². The molecular weight excluding hydrogens is 321 g/mol. The number of nitrogens with one attached hydrogen (secondary N) is 1. The molecule has 1 atom stereocenters. The number of ether oxygens (including phenoxy) is 1. The summed E-state index contributed by atoms with van der Waals surface area (Å²) in [6.45, 7) is 0. The molecule has 0 saturated heterocycles. The second-order valence-corrected chi connectivity index (χ2v) is 6.86. The van der Waals surface area contributed by atoms with Crippen LogP contribution < -0.4 is 10.1 Å². The van der Waals surface area contributed by atoms with Crippen molar-refractivity contribution in [2.45, 2.75) is 16.7 Å². The maximum atomic E-state index is 12.2. The molecule has 1 fully saturated rings. The lowest BCUT2D eigenvalue weighted by molar-refractivity contribution is 0.102. The highest BCUT2D eigenvalue weighted by atomic mass is 35.5. The van der Waals surface area contributed by atoms with E-state index in [0.717, 1.165) is 23.4 Å². The monoisotopic (exact) mass is 335 g/mol. The number of anilines is 1. The first kappa shape index (κ1) is 15.2. The molecule has 0 spiro atoms. The Bertz CT molecular complexity index is 681. The molecule has 0 aromatic heterocycles. The van der Waals surface area contributed by atoms with Gasteiger partial charge in [-0.15, -0.1) is 23.2 Å². The molecule has 1 aliphatic carbocycles. The largest absolute Gasteiger partial charge is 0.497 e. The van der Waals surface area contributed by atoms with E-state index in [0.29, 0.717) is 5.56 Å². The zero-order valence-corrected chi connectivity index (χ0v) is 13.5. The first-order valence-electron chi connectivity index (χ1n) is 6.93. The Morgan fingerprint density at radius 3 is 2.23 bits per heavy atom. The Labute approximate surface area is 139 Å². The van der Waals surface area contributed by atoms with Crippen LogP contribution >= 0.6 is 23.2 Å². The van der Waals surface area contributed by atoms with E-state index < -0.39 is 4.33 Å². The minimum atomic E-state index is -0.631. The van der Waals surface area contributed by atoms with Crippen molar-refractivity contribution < 1.29 is 9.53 Å². The molecule has 5 heteroatoms. The maximum Gasteiger partial charge on any atom is 0.255 e. The van der Waals surface area contributed by atoms with Gasteiger partial charge in [0.05, 0.1) is 7.11 Å². The van der Waals surface area contributed by atoms with Gasteiger partial charge in [-0.2, -0.15) is 0 Å². The summed E-state index contributed by atoms with van der Waals surface area (Å²) in [4.78, 5) is 12.2. The lowest BCUT2D eigenvalue weighted by atomic mass is 10.1. The van der Waals surface area contributed by atoms with E-state index >= 15 is 0 Å². The SMILES string of the molecule is COc1ccc(C(=O)Nc2ccc([C@H]3CC3(Cl)Cl)cc2)cc1. The van der Waals surface area contributed by atoms with E-state index in [1.807, 2.05) is 24.3 Å². The molecule has 1 saturated carbocycles. The van der Waals surface area contributed by atoms with Crippen molar-refractivity contribution in [1.29, 1.82) is 0 Å². The molecule has 0 radical (unpaired) electrons. The molecule has 1 aliphatic rings. The Morgan fingerprint density at radius 2 is 1.73 bits per heavy atom. The molecule has 0 heterocycles. The van der Waals surface area contributed by atoms with E-state index in [2.05, 4.69) is 5.32 Å². The Hall–Kier alpha value is -1.71. The number of hydrogen-bond acceptors (Lipinski definition) is 2. The minimum Gasteiger partial charge on any atom is -0.497 e. The van der Waals surface area contributed by atoms with E-state index in [1.54, 1.807) is 31.4 Å². The van der Waals surface area contributed by atoms with Gasteiger partial charge >= 0.3 is 0 Å². The molecule has 0 aliphatic heterocycles. The van der Waals surface area contributed by atoms with E-state index in [1.165, 1.54) is 0 Å². The fourth-order valence-corrected chi connectivity index (χ4v) is 2.88. The zero-order chi connectivity index (χ0) is 15.7. The smallest absolute Gasteiger partial charge is 0.255 e. The highest BCUT2D eigenvalue weighted by molar-refractivity contribution is 6.51. The number of amides is 1. The van der Waals surface area contributed by atoms with Crippen LogP contribution in [0.2, 0.25) is 0 Å². The number of halogens is 2. The molecule has 114 valence electrons. The normalized spacial score (nSPS) is 18.6. The quantitative estimate of drug-likeness (QED) is 0.828. The predicted octanol–water partition coefficient (Wildman–Crippen LogP) is 4.61.